The Morgan fingerprint density at radius 1 is 1.07 bits per heavy atom. The largest absolute Gasteiger partial charge is 0.497 e. The van der Waals surface area contributed by atoms with Gasteiger partial charge in [0.1, 0.15) is 17.6 Å². The molecular weight excluding hydrogens is 346 g/mol. The van der Waals surface area contributed by atoms with Crippen LogP contribution in [-0.4, -0.2) is 43.0 Å². The van der Waals surface area contributed by atoms with E-state index in [0.717, 1.165) is 11.3 Å². The van der Waals surface area contributed by atoms with Gasteiger partial charge in [0.25, 0.3) is 0 Å². The van der Waals surface area contributed by atoms with Gasteiger partial charge in [0.05, 0.1) is 14.2 Å². The van der Waals surface area contributed by atoms with Crippen molar-refractivity contribution in [3.63, 3.8) is 0 Å². The summed E-state index contributed by atoms with van der Waals surface area (Å²) in [5.41, 5.74) is 0.463. The number of hydrogen-bond acceptors (Lipinski definition) is 5. The number of hydrogen-bond donors (Lipinski definition) is 1. The first-order chi connectivity index (χ1) is 13.0. The topological polar surface area (TPSA) is 68.2 Å². The number of nitrogens with zero attached hydrogens (tertiary/aromatic N) is 1. The molecule has 1 aliphatic heterocycles. The average Bonchev–Trinajstić information content (AvgIpc) is 3.04. The normalized spacial score (nSPS) is 20.6. The van der Waals surface area contributed by atoms with Gasteiger partial charge in [-0.25, -0.2) is 0 Å². The van der Waals surface area contributed by atoms with Gasteiger partial charge in [-0.15, -0.1) is 0 Å². The van der Waals surface area contributed by atoms with Gasteiger partial charge in [-0.1, -0.05) is 24.3 Å². The Labute approximate surface area is 159 Å². The zero-order valence-corrected chi connectivity index (χ0v) is 15.8. The fourth-order valence-corrected chi connectivity index (χ4v) is 3.60. The van der Waals surface area contributed by atoms with Crippen LogP contribution in [0.2, 0.25) is 0 Å². The van der Waals surface area contributed by atoms with Crippen LogP contribution in [0, 0.1) is 0 Å². The lowest BCUT2D eigenvalue weighted by molar-refractivity contribution is -0.192. The first kappa shape index (κ1) is 19.2. The predicted molar refractivity (Wildman–Crippen MR) is 100 cm³/mol. The number of amides is 1. The Kier molecular flexibility index (Phi) is 5.68. The van der Waals surface area contributed by atoms with E-state index < -0.39 is 11.8 Å². The maximum atomic E-state index is 12.6. The Morgan fingerprint density at radius 3 is 2.41 bits per heavy atom. The smallest absolute Gasteiger partial charge is 0.225 e. The molecule has 1 heterocycles. The van der Waals surface area contributed by atoms with Gasteiger partial charge < -0.3 is 24.2 Å². The van der Waals surface area contributed by atoms with E-state index in [9.17, 15) is 9.90 Å². The third kappa shape index (κ3) is 3.63. The Balaban J connectivity index is 1.91. The van der Waals surface area contributed by atoms with E-state index in [2.05, 4.69) is 0 Å². The van der Waals surface area contributed by atoms with Crippen LogP contribution in [0.25, 0.3) is 0 Å². The van der Waals surface area contributed by atoms with Crippen LogP contribution in [0.15, 0.2) is 48.5 Å². The third-order valence-corrected chi connectivity index (χ3v) is 5.14. The van der Waals surface area contributed by atoms with Crippen LogP contribution < -0.4 is 9.47 Å². The maximum Gasteiger partial charge on any atom is 0.225 e. The van der Waals surface area contributed by atoms with Gasteiger partial charge >= 0.3 is 0 Å². The molecule has 0 aliphatic carbocycles. The van der Waals surface area contributed by atoms with E-state index in [0.29, 0.717) is 30.7 Å². The van der Waals surface area contributed by atoms with Crippen molar-refractivity contribution < 1.29 is 24.1 Å². The molecule has 6 heteroatoms. The summed E-state index contributed by atoms with van der Waals surface area (Å²) in [6.45, 7) is 0.330. The van der Waals surface area contributed by atoms with Crippen LogP contribution in [0.1, 0.15) is 30.1 Å². The first-order valence-corrected chi connectivity index (χ1v) is 8.84. The van der Waals surface area contributed by atoms with Crippen molar-refractivity contribution in [1.29, 1.82) is 0 Å². The molecule has 2 aromatic rings. The SMILES string of the molecule is COc1ccc(C(O)C2(OC)CCC(=O)N2Cc2cccc(OC)c2)cc1. The highest BCUT2D eigenvalue weighted by molar-refractivity contribution is 5.79. The summed E-state index contributed by atoms with van der Waals surface area (Å²) in [7, 11) is 4.73. The molecule has 2 atom stereocenters. The van der Waals surface area contributed by atoms with Gasteiger partial charge in [-0.05, 0) is 35.4 Å². The molecule has 27 heavy (non-hydrogen) atoms. The average molecular weight is 371 g/mol. The van der Waals surface area contributed by atoms with Crippen LogP contribution in [0.5, 0.6) is 11.5 Å². The summed E-state index contributed by atoms with van der Waals surface area (Å²) >= 11 is 0. The van der Waals surface area contributed by atoms with Crippen molar-refractivity contribution >= 4 is 5.91 Å². The molecule has 1 N–H and O–H groups in total. The third-order valence-electron chi connectivity index (χ3n) is 5.14. The molecule has 144 valence electrons. The van der Waals surface area contributed by atoms with Crippen molar-refractivity contribution in [2.75, 3.05) is 21.3 Å². The summed E-state index contributed by atoms with van der Waals surface area (Å²) in [5, 5.41) is 11.1. The number of aliphatic hydroxyl groups is 1. The quantitative estimate of drug-likeness (QED) is 0.811. The summed E-state index contributed by atoms with van der Waals surface area (Å²) < 4.78 is 16.2. The maximum absolute atomic E-state index is 12.6. The van der Waals surface area contributed by atoms with E-state index >= 15 is 0 Å². The molecule has 0 spiro atoms. The second-order valence-corrected chi connectivity index (χ2v) is 6.56. The van der Waals surface area contributed by atoms with Crippen molar-refractivity contribution in [2.24, 2.45) is 0 Å². The van der Waals surface area contributed by atoms with Crippen molar-refractivity contribution in [1.82, 2.24) is 4.90 Å². The minimum absolute atomic E-state index is 0.0489. The van der Waals surface area contributed by atoms with Gasteiger partial charge in [0.2, 0.25) is 5.91 Å². The summed E-state index contributed by atoms with van der Waals surface area (Å²) in [6.07, 6.45) is -0.240. The summed E-state index contributed by atoms with van der Waals surface area (Å²) in [5.74, 6) is 1.37. The van der Waals surface area contributed by atoms with E-state index in [-0.39, 0.29) is 5.91 Å². The fourth-order valence-electron chi connectivity index (χ4n) is 3.60. The first-order valence-electron chi connectivity index (χ1n) is 8.84. The van der Waals surface area contributed by atoms with Gasteiger partial charge in [0, 0.05) is 26.5 Å². The zero-order valence-electron chi connectivity index (χ0n) is 15.8. The molecule has 0 aromatic heterocycles. The van der Waals surface area contributed by atoms with Crippen molar-refractivity contribution in [2.45, 2.75) is 31.2 Å². The predicted octanol–water partition coefficient (Wildman–Crippen LogP) is 2.90. The molecule has 0 radical (unpaired) electrons. The standard InChI is InChI=1S/C21H25NO5/c1-25-17-9-7-16(8-10-17)20(24)21(27-3)12-11-19(23)22(21)14-15-5-4-6-18(13-15)26-2/h4-10,13,20,24H,11-12,14H2,1-3H3. The molecule has 3 rings (SSSR count). The second-order valence-electron chi connectivity index (χ2n) is 6.56. The molecule has 2 unspecified atom stereocenters. The number of likely N-dealkylation sites (tertiary alicyclic amines) is 1. The van der Waals surface area contributed by atoms with Gasteiger partial charge in [-0.3, -0.25) is 4.79 Å². The lowest BCUT2D eigenvalue weighted by Gasteiger charge is -2.41. The molecule has 1 amide bonds. The zero-order chi connectivity index (χ0) is 19.4. The number of benzene rings is 2. The van der Waals surface area contributed by atoms with Crippen LogP contribution in [0.4, 0.5) is 0 Å². The molecule has 0 bridgehead atoms. The van der Waals surface area contributed by atoms with Crippen LogP contribution in [0.3, 0.4) is 0 Å². The lowest BCUT2D eigenvalue weighted by atomic mass is 9.95. The molecule has 1 aliphatic rings. The molecule has 6 nitrogen and oxygen atoms in total. The van der Waals surface area contributed by atoms with Crippen LogP contribution >= 0.6 is 0 Å². The van der Waals surface area contributed by atoms with Crippen molar-refractivity contribution in [3.8, 4) is 11.5 Å². The highest BCUT2D eigenvalue weighted by atomic mass is 16.5. The molecule has 2 aromatic carbocycles. The molecule has 1 fully saturated rings. The Hall–Kier alpha value is -2.57. The van der Waals surface area contributed by atoms with E-state index in [4.69, 9.17) is 14.2 Å². The van der Waals surface area contributed by atoms with E-state index in [1.807, 2.05) is 24.3 Å². The Morgan fingerprint density at radius 2 is 1.78 bits per heavy atom. The van der Waals surface area contributed by atoms with Crippen molar-refractivity contribution in [3.05, 3.63) is 59.7 Å². The molecule has 1 saturated heterocycles. The molecule has 0 saturated carbocycles. The minimum Gasteiger partial charge on any atom is -0.497 e. The summed E-state index contributed by atoms with van der Waals surface area (Å²) in [6, 6.07) is 14.7. The number of methoxy groups -OCH3 is 3. The number of rotatable bonds is 7. The monoisotopic (exact) mass is 371 g/mol. The van der Waals surface area contributed by atoms with Gasteiger partial charge in [0.15, 0.2) is 5.72 Å². The fraction of sp³-hybridized carbons (Fsp3) is 0.381. The highest BCUT2D eigenvalue weighted by Gasteiger charge is 2.51. The minimum atomic E-state index is -1.12. The van der Waals surface area contributed by atoms with Crippen LogP contribution in [-0.2, 0) is 16.1 Å². The number of ether oxygens (including phenoxy) is 3. The second kappa shape index (κ2) is 7.98. The lowest BCUT2D eigenvalue weighted by Crippen LogP contribution is -2.51. The number of carbonyl (C=O) groups excluding carboxylic acids is 1. The van der Waals surface area contributed by atoms with E-state index in [1.54, 1.807) is 43.4 Å². The van der Waals surface area contributed by atoms with Gasteiger partial charge in [-0.2, -0.15) is 0 Å². The molecular formula is C21H25NO5. The summed E-state index contributed by atoms with van der Waals surface area (Å²) in [4.78, 5) is 14.2. The van der Waals surface area contributed by atoms with E-state index in [1.165, 1.54) is 7.11 Å². The number of carbonyl (C=O) groups is 1. The Bertz CT molecular complexity index is 791. The highest BCUT2D eigenvalue weighted by Crippen LogP contribution is 2.42. The number of aliphatic hydroxyl groups excluding tert-OH is 1.